The quantitative estimate of drug-likeness (QED) is 0.743. The summed E-state index contributed by atoms with van der Waals surface area (Å²) in [7, 11) is 1.96. The van der Waals surface area contributed by atoms with Crippen LogP contribution in [-0.4, -0.2) is 36.1 Å². The molecule has 1 N–H and O–H groups in total. The van der Waals surface area contributed by atoms with E-state index in [2.05, 4.69) is 10.3 Å². The Kier molecular flexibility index (Phi) is 5.19. The number of hydrogen-bond donors (Lipinski definition) is 1. The first-order chi connectivity index (χ1) is 12.6. The molecule has 0 saturated heterocycles. The second-order valence-electron chi connectivity index (χ2n) is 9.28. The second kappa shape index (κ2) is 7.58. The van der Waals surface area contributed by atoms with Gasteiger partial charge in [-0.3, -0.25) is 4.98 Å². The zero-order valence-electron chi connectivity index (χ0n) is 16.1. The highest BCUT2D eigenvalue weighted by molar-refractivity contribution is 5.73. The predicted octanol–water partition coefficient (Wildman–Crippen LogP) is 4.26. The van der Waals surface area contributed by atoms with Crippen molar-refractivity contribution in [1.29, 1.82) is 0 Å². The first-order valence-electron chi connectivity index (χ1n) is 10.5. The van der Waals surface area contributed by atoms with Crippen LogP contribution in [0.5, 0.6) is 0 Å². The third kappa shape index (κ3) is 4.05. The molecule has 4 bridgehead atoms. The highest BCUT2D eigenvalue weighted by Gasteiger charge is 2.50. The minimum absolute atomic E-state index is 0.0875. The van der Waals surface area contributed by atoms with Crippen LogP contribution in [0.4, 0.5) is 4.79 Å². The van der Waals surface area contributed by atoms with Gasteiger partial charge in [0.2, 0.25) is 0 Å². The number of aromatic nitrogens is 1. The lowest BCUT2D eigenvalue weighted by molar-refractivity contribution is -0.0590. The molecule has 0 spiro atoms. The fraction of sp³-hybridized carbons (Fsp3) is 0.727. The maximum atomic E-state index is 12.4. The van der Waals surface area contributed by atoms with Gasteiger partial charge in [0.15, 0.2) is 0 Å². The lowest BCUT2D eigenvalue weighted by Gasteiger charge is -2.57. The van der Waals surface area contributed by atoms with Gasteiger partial charge >= 0.3 is 6.03 Å². The van der Waals surface area contributed by atoms with Crippen molar-refractivity contribution in [2.75, 3.05) is 20.1 Å². The Balaban J connectivity index is 1.18. The Bertz CT molecular complexity index is 580. The third-order valence-electron chi connectivity index (χ3n) is 7.16. The van der Waals surface area contributed by atoms with Crippen LogP contribution in [0.1, 0.15) is 56.9 Å². The molecule has 0 atom stereocenters. The van der Waals surface area contributed by atoms with Crippen LogP contribution in [0.25, 0.3) is 0 Å². The number of carbonyl (C=O) groups excluding carboxylic acids is 1. The first kappa shape index (κ1) is 17.8. The van der Waals surface area contributed by atoms with Crippen LogP contribution in [0.3, 0.4) is 0 Å². The Morgan fingerprint density at radius 3 is 2.38 bits per heavy atom. The topological polar surface area (TPSA) is 45.2 Å². The highest BCUT2D eigenvalue weighted by Crippen LogP contribution is 2.61. The monoisotopic (exact) mass is 355 g/mol. The average molecular weight is 356 g/mol. The van der Waals surface area contributed by atoms with Gasteiger partial charge in [0.05, 0.1) is 0 Å². The number of hydrogen-bond acceptors (Lipinski definition) is 2. The summed E-state index contributed by atoms with van der Waals surface area (Å²) in [6, 6.07) is 4.17. The minimum Gasteiger partial charge on any atom is -0.338 e. The number of carbonyl (C=O) groups is 1. The zero-order chi connectivity index (χ0) is 18.0. The highest BCUT2D eigenvalue weighted by atomic mass is 16.2. The maximum absolute atomic E-state index is 12.4. The fourth-order valence-corrected chi connectivity index (χ4v) is 6.27. The molecular formula is C22H33N3O. The van der Waals surface area contributed by atoms with Crippen LogP contribution >= 0.6 is 0 Å². The standard InChI is InChI=1S/C22H33N3O/c1-25(21(26)24-7-2-3-17-4-8-23-9-5-17)10-6-22-14-18-11-19(15-22)13-20(12-18)16-22/h4-5,8-9,18-20H,2-3,6-7,10-16H2,1H3,(H,24,26). The van der Waals surface area contributed by atoms with Gasteiger partial charge in [0, 0.05) is 32.5 Å². The van der Waals surface area contributed by atoms with E-state index >= 15 is 0 Å². The van der Waals surface area contributed by atoms with E-state index in [-0.39, 0.29) is 6.03 Å². The molecule has 1 aromatic rings. The van der Waals surface area contributed by atoms with E-state index in [0.29, 0.717) is 5.41 Å². The van der Waals surface area contributed by atoms with Crippen molar-refractivity contribution < 1.29 is 4.79 Å². The summed E-state index contributed by atoms with van der Waals surface area (Å²) in [5.41, 5.74) is 1.84. The predicted molar refractivity (Wildman–Crippen MR) is 104 cm³/mol. The molecule has 0 unspecified atom stereocenters. The molecular weight excluding hydrogens is 322 g/mol. The van der Waals surface area contributed by atoms with E-state index in [1.165, 1.54) is 50.5 Å². The number of aryl methyl sites for hydroxylation is 1. The van der Waals surface area contributed by atoms with Crippen molar-refractivity contribution in [3.63, 3.8) is 0 Å². The molecule has 0 aromatic carbocycles. The average Bonchev–Trinajstić information content (AvgIpc) is 2.63. The van der Waals surface area contributed by atoms with E-state index < -0.39 is 0 Å². The summed E-state index contributed by atoms with van der Waals surface area (Å²) >= 11 is 0. The number of rotatable bonds is 7. The van der Waals surface area contributed by atoms with Crippen molar-refractivity contribution in [2.24, 2.45) is 23.2 Å². The van der Waals surface area contributed by atoms with Crippen LogP contribution in [0, 0.1) is 23.2 Å². The fourth-order valence-electron chi connectivity index (χ4n) is 6.27. The molecule has 1 aromatic heterocycles. The Hall–Kier alpha value is -1.58. The van der Waals surface area contributed by atoms with E-state index in [4.69, 9.17) is 0 Å². The van der Waals surface area contributed by atoms with Crippen LogP contribution in [-0.2, 0) is 6.42 Å². The summed E-state index contributed by atoms with van der Waals surface area (Å²) in [6.45, 7) is 1.64. The van der Waals surface area contributed by atoms with Gasteiger partial charge in [0.25, 0.3) is 0 Å². The van der Waals surface area contributed by atoms with Gasteiger partial charge in [0.1, 0.15) is 0 Å². The summed E-state index contributed by atoms with van der Waals surface area (Å²) in [5.74, 6) is 2.98. The van der Waals surface area contributed by atoms with E-state index in [0.717, 1.165) is 43.7 Å². The van der Waals surface area contributed by atoms with Crippen LogP contribution in [0.15, 0.2) is 24.5 Å². The van der Waals surface area contributed by atoms with E-state index in [1.807, 2.05) is 36.5 Å². The molecule has 2 amide bonds. The molecule has 4 aliphatic rings. The molecule has 5 rings (SSSR count). The van der Waals surface area contributed by atoms with Crippen molar-refractivity contribution >= 4 is 6.03 Å². The molecule has 0 aliphatic heterocycles. The molecule has 4 aliphatic carbocycles. The summed E-state index contributed by atoms with van der Waals surface area (Å²) in [4.78, 5) is 18.3. The third-order valence-corrected chi connectivity index (χ3v) is 7.16. The molecule has 26 heavy (non-hydrogen) atoms. The van der Waals surface area contributed by atoms with Crippen molar-refractivity contribution in [3.8, 4) is 0 Å². The Morgan fingerprint density at radius 1 is 1.15 bits per heavy atom. The van der Waals surface area contributed by atoms with Crippen molar-refractivity contribution in [3.05, 3.63) is 30.1 Å². The maximum Gasteiger partial charge on any atom is 0.317 e. The van der Waals surface area contributed by atoms with Gasteiger partial charge in [-0.05, 0) is 98.7 Å². The van der Waals surface area contributed by atoms with Crippen molar-refractivity contribution in [2.45, 2.75) is 57.8 Å². The smallest absolute Gasteiger partial charge is 0.317 e. The lowest BCUT2D eigenvalue weighted by atomic mass is 9.49. The molecule has 1 heterocycles. The molecule has 4 saturated carbocycles. The van der Waals surface area contributed by atoms with Gasteiger partial charge in [-0.2, -0.15) is 0 Å². The largest absolute Gasteiger partial charge is 0.338 e. The minimum atomic E-state index is 0.0875. The van der Waals surface area contributed by atoms with Gasteiger partial charge in [-0.1, -0.05) is 0 Å². The van der Waals surface area contributed by atoms with E-state index in [1.54, 1.807) is 0 Å². The SMILES string of the molecule is CN(CCC12CC3CC(CC(C3)C1)C2)C(=O)NCCCc1ccncc1. The number of nitrogens with zero attached hydrogens (tertiary/aromatic N) is 2. The number of pyridine rings is 1. The Labute approximate surface area is 157 Å². The number of urea groups is 1. The number of nitrogens with one attached hydrogen (secondary N) is 1. The van der Waals surface area contributed by atoms with Gasteiger partial charge in [-0.15, -0.1) is 0 Å². The second-order valence-corrected chi connectivity index (χ2v) is 9.28. The first-order valence-corrected chi connectivity index (χ1v) is 10.5. The Morgan fingerprint density at radius 2 is 1.77 bits per heavy atom. The lowest BCUT2D eigenvalue weighted by Crippen LogP contribution is -2.48. The normalized spacial score (nSPS) is 31.8. The zero-order valence-corrected chi connectivity index (χ0v) is 16.1. The van der Waals surface area contributed by atoms with Crippen LogP contribution < -0.4 is 5.32 Å². The molecule has 4 fully saturated rings. The summed E-state index contributed by atoms with van der Waals surface area (Å²) < 4.78 is 0. The molecule has 142 valence electrons. The molecule has 0 radical (unpaired) electrons. The van der Waals surface area contributed by atoms with E-state index in [9.17, 15) is 4.79 Å². The summed E-state index contributed by atoms with van der Waals surface area (Å²) in [5, 5.41) is 3.08. The van der Waals surface area contributed by atoms with Crippen LogP contribution in [0.2, 0.25) is 0 Å². The number of amides is 2. The van der Waals surface area contributed by atoms with Gasteiger partial charge in [-0.25, -0.2) is 4.79 Å². The molecule has 4 nitrogen and oxygen atoms in total. The van der Waals surface area contributed by atoms with Crippen molar-refractivity contribution in [1.82, 2.24) is 15.2 Å². The molecule has 4 heteroatoms. The van der Waals surface area contributed by atoms with Gasteiger partial charge < -0.3 is 10.2 Å². The summed E-state index contributed by atoms with van der Waals surface area (Å²) in [6.07, 6.45) is 15.6.